The standard InChI is InChI=1S/C8H6BrF3N2/c9-7-2-1-6(8(10,11)12)3-5(7)4-14-13/h1-4H,13H2. The van der Waals surface area contributed by atoms with E-state index in [0.29, 0.717) is 10.0 Å². The summed E-state index contributed by atoms with van der Waals surface area (Å²) >= 11 is 3.08. The summed E-state index contributed by atoms with van der Waals surface area (Å²) < 4.78 is 37.3. The van der Waals surface area contributed by atoms with Gasteiger partial charge >= 0.3 is 6.18 Å². The van der Waals surface area contributed by atoms with Gasteiger partial charge in [-0.15, -0.1) is 0 Å². The zero-order valence-electron chi connectivity index (χ0n) is 6.85. The van der Waals surface area contributed by atoms with E-state index < -0.39 is 11.7 Å². The fourth-order valence-corrected chi connectivity index (χ4v) is 1.25. The van der Waals surface area contributed by atoms with E-state index in [1.54, 1.807) is 0 Å². The van der Waals surface area contributed by atoms with Gasteiger partial charge in [0.05, 0.1) is 11.8 Å². The Morgan fingerprint density at radius 2 is 2.00 bits per heavy atom. The summed E-state index contributed by atoms with van der Waals surface area (Å²) in [5, 5.41) is 3.17. The highest BCUT2D eigenvalue weighted by Gasteiger charge is 2.30. The maximum absolute atomic E-state index is 12.2. The third-order valence-corrected chi connectivity index (χ3v) is 2.26. The Bertz CT molecular complexity index is 360. The summed E-state index contributed by atoms with van der Waals surface area (Å²) in [5.41, 5.74) is -0.432. The number of nitrogens with two attached hydrogens (primary N) is 1. The number of nitrogens with zero attached hydrogens (tertiary/aromatic N) is 1. The van der Waals surface area contributed by atoms with Crippen LogP contribution in [-0.2, 0) is 6.18 Å². The number of halogens is 4. The van der Waals surface area contributed by atoms with Gasteiger partial charge < -0.3 is 5.84 Å². The van der Waals surface area contributed by atoms with Crippen LogP contribution in [0.4, 0.5) is 13.2 Å². The SMILES string of the molecule is NN=Cc1cc(C(F)(F)F)ccc1Br. The van der Waals surface area contributed by atoms with E-state index in [4.69, 9.17) is 5.84 Å². The van der Waals surface area contributed by atoms with Gasteiger partial charge in [0.15, 0.2) is 0 Å². The van der Waals surface area contributed by atoms with Crippen LogP contribution in [0.25, 0.3) is 0 Å². The molecule has 0 saturated carbocycles. The molecule has 0 spiro atoms. The predicted octanol–water partition coefficient (Wildman–Crippen LogP) is 2.76. The van der Waals surface area contributed by atoms with Crippen molar-refractivity contribution in [2.75, 3.05) is 0 Å². The highest BCUT2D eigenvalue weighted by molar-refractivity contribution is 9.10. The highest BCUT2D eigenvalue weighted by atomic mass is 79.9. The molecule has 1 rings (SSSR count). The molecule has 0 unspecified atom stereocenters. The second kappa shape index (κ2) is 4.00. The van der Waals surface area contributed by atoms with Gasteiger partial charge in [-0.05, 0) is 18.2 Å². The fraction of sp³-hybridized carbons (Fsp3) is 0.125. The topological polar surface area (TPSA) is 38.4 Å². The van der Waals surface area contributed by atoms with Crippen molar-refractivity contribution in [1.82, 2.24) is 0 Å². The van der Waals surface area contributed by atoms with Crippen LogP contribution in [0.3, 0.4) is 0 Å². The second-order valence-corrected chi connectivity index (χ2v) is 3.37. The Morgan fingerprint density at radius 3 is 2.50 bits per heavy atom. The summed E-state index contributed by atoms with van der Waals surface area (Å²) in [5.74, 6) is 4.86. The van der Waals surface area contributed by atoms with Gasteiger partial charge in [0, 0.05) is 10.0 Å². The minimum absolute atomic E-state index is 0.294. The Hall–Kier alpha value is -1.04. The van der Waals surface area contributed by atoms with Crippen molar-refractivity contribution in [2.24, 2.45) is 10.9 Å². The van der Waals surface area contributed by atoms with E-state index in [1.165, 1.54) is 6.07 Å². The molecule has 76 valence electrons. The summed E-state index contributed by atoms with van der Waals surface area (Å²) in [6.45, 7) is 0. The zero-order valence-corrected chi connectivity index (χ0v) is 8.43. The van der Waals surface area contributed by atoms with Gasteiger partial charge in [-0.3, -0.25) is 0 Å². The van der Waals surface area contributed by atoms with Crippen LogP contribution in [0, 0.1) is 0 Å². The van der Waals surface area contributed by atoms with Crippen molar-refractivity contribution in [1.29, 1.82) is 0 Å². The van der Waals surface area contributed by atoms with E-state index in [-0.39, 0.29) is 0 Å². The Kier molecular flexibility index (Phi) is 3.15. The Balaban J connectivity index is 3.19. The third kappa shape index (κ3) is 2.47. The maximum Gasteiger partial charge on any atom is 0.416 e. The molecule has 1 aromatic carbocycles. The molecule has 2 N–H and O–H groups in total. The lowest BCUT2D eigenvalue weighted by Crippen LogP contribution is -2.05. The molecule has 1 aromatic rings. The van der Waals surface area contributed by atoms with Crippen LogP contribution in [0.1, 0.15) is 11.1 Å². The van der Waals surface area contributed by atoms with E-state index in [0.717, 1.165) is 18.3 Å². The van der Waals surface area contributed by atoms with E-state index in [9.17, 15) is 13.2 Å². The molecule has 0 saturated heterocycles. The molecule has 6 heteroatoms. The summed E-state index contributed by atoms with van der Waals surface area (Å²) in [4.78, 5) is 0. The lowest BCUT2D eigenvalue weighted by Gasteiger charge is -2.07. The van der Waals surface area contributed by atoms with Crippen molar-refractivity contribution in [3.63, 3.8) is 0 Å². The molecule has 0 amide bonds. The largest absolute Gasteiger partial charge is 0.416 e. The van der Waals surface area contributed by atoms with Crippen molar-refractivity contribution < 1.29 is 13.2 Å². The number of alkyl halides is 3. The van der Waals surface area contributed by atoms with Gasteiger partial charge in [0.25, 0.3) is 0 Å². The fourth-order valence-electron chi connectivity index (χ4n) is 0.899. The molecule has 0 atom stereocenters. The molecular formula is C8H6BrF3N2. The van der Waals surface area contributed by atoms with Crippen LogP contribution in [-0.4, -0.2) is 6.21 Å². The number of benzene rings is 1. The molecule has 0 aromatic heterocycles. The molecule has 0 aliphatic heterocycles. The van der Waals surface area contributed by atoms with Crippen LogP contribution >= 0.6 is 15.9 Å². The van der Waals surface area contributed by atoms with E-state index in [1.807, 2.05) is 0 Å². The van der Waals surface area contributed by atoms with Crippen LogP contribution < -0.4 is 5.84 Å². The van der Waals surface area contributed by atoms with Gasteiger partial charge in [-0.2, -0.15) is 18.3 Å². The normalized spacial score (nSPS) is 12.3. The second-order valence-electron chi connectivity index (χ2n) is 2.51. The van der Waals surface area contributed by atoms with Crippen molar-refractivity contribution >= 4 is 22.1 Å². The molecule has 0 bridgehead atoms. The number of rotatable bonds is 1. The number of hydrogen-bond acceptors (Lipinski definition) is 2. The average Bonchev–Trinajstić information content (AvgIpc) is 2.07. The third-order valence-electron chi connectivity index (χ3n) is 1.54. The lowest BCUT2D eigenvalue weighted by molar-refractivity contribution is -0.137. The maximum atomic E-state index is 12.2. The first-order chi connectivity index (χ1) is 6.45. The predicted molar refractivity (Wildman–Crippen MR) is 50.9 cm³/mol. The molecule has 14 heavy (non-hydrogen) atoms. The van der Waals surface area contributed by atoms with Crippen LogP contribution in [0.15, 0.2) is 27.8 Å². The average molecular weight is 267 g/mol. The number of hydrazone groups is 1. The highest BCUT2D eigenvalue weighted by Crippen LogP contribution is 2.31. The summed E-state index contributed by atoms with van der Waals surface area (Å²) in [6.07, 6.45) is -3.20. The van der Waals surface area contributed by atoms with Gasteiger partial charge in [0.2, 0.25) is 0 Å². The monoisotopic (exact) mass is 266 g/mol. The molecule has 0 radical (unpaired) electrons. The van der Waals surface area contributed by atoms with E-state index in [2.05, 4.69) is 21.0 Å². The number of hydrogen-bond donors (Lipinski definition) is 1. The molecule has 2 nitrogen and oxygen atoms in total. The van der Waals surface area contributed by atoms with E-state index >= 15 is 0 Å². The molecule has 0 aliphatic rings. The first kappa shape index (κ1) is 11.0. The van der Waals surface area contributed by atoms with Crippen molar-refractivity contribution in [3.8, 4) is 0 Å². The summed E-state index contributed by atoms with van der Waals surface area (Å²) in [6, 6.07) is 3.26. The molecule has 0 aliphatic carbocycles. The van der Waals surface area contributed by atoms with Crippen LogP contribution in [0.5, 0.6) is 0 Å². The first-order valence-electron chi connectivity index (χ1n) is 3.55. The van der Waals surface area contributed by atoms with Crippen LogP contribution in [0.2, 0.25) is 0 Å². The van der Waals surface area contributed by atoms with Gasteiger partial charge in [0.1, 0.15) is 0 Å². The lowest BCUT2D eigenvalue weighted by atomic mass is 10.1. The minimum atomic E-state index is -4.35. The molecule has 0 heterocycles. The van der Waals surface area contributed by atoms with Gasteiger partial charge in [-0.25, -0.2) is 0 Å². The smallest absolute Gasteiger partial charge is 0.323 e. The molecule has 0 fully saturated rings. The molecular weight excluding hydrogens is 261 g/mol. The quantitative estimate of drug-likeness (QED) is 0.474. The zero-order chi connectivity index (χ0) is 10.8. The van der Waals surface area contributed by atoms with Gasteiger partial charge in [-0.1, -0.05) is 15.9 Å². The Labute approximate surface area is 86.7 Å². The van der Waals surface area contributed by atoms with Crippen molar-refractivity contribution in [3.05, 3.63) is 33.8 Å². The summed E-state index contributed by atoms with van der Waals surface area (Å²) in [7, 11) is 0. The minimum Gasteiger partial charge on any atom is -0.323 e. The van der Waals surface area contributed by atoms with Crippen molar-refractivity contribution in [2.45, 2.75) is 6.18 Å². The first-order valence-corrected chi connectivity index (χ1v) is 4.34. The Morgan fingerprint density at radius 1 is 1.36 bits per heavy atom.